The maximum absolute atomic E-state index is 13.2. The van der Waals surface area contributed by atoms with Crippen molar-refractivity contribution in [1.82, 2.24) is 0 Å². The van der Waals surface area contributed by atoms with Gasteiger partial charge in [0.2, 0.25) is 0 Å². The number of thioether (sulfide) groups is 2. The summed E-state index contributed by atoms with van der Waals surface area (Å²) in [7, 11) is 0. The molecule has 24 heavy (non-hydrogen) atoms. The summed E-state index contributed by atoms with van der Waals surface area (Å²) in [6.07, 6.45) is -0.342. The first kappa shape index (κ1) is 19.1. The Hall–Kier alpha value is -1.28. The van der Waals surface area contributed by atoms with Gasteiger partial charge in [0.05, 0.1) is 15.4 Å². The summed E-state index contributed by atoms with van der Waals surface area (Å²) >= 11 is 2.27. The molecule has 1 fully saturated rings. The lowest BCUT2D eigenvalue weighted by atomic mass is 9.95. The Balaban J connectivity index is 2.59. The number of carbonyl (C=O) groups is 2. The SMILES string of the molecule is CSC(SC)=C(C(=O)c1ccc(F)cc1C(F)(F)F)C(=O)C1CC1. The van der Waals surface area contributed by atoms with Gasteiger partial charge in [0.15, 0.2) is 11.6 Å². The Morgan fingerprint density at radius 1 is 1.12 bits per heavy atom. The number of halogens is 4. The summed E-state index contributed by atoms with van der Waals surface area (Å²) < 4.78 is 53.1. The first-order valence-corrected chi connectivity index (χ1v) is 9.43. The van der Waals surface area contributed by atoms with E-state index in [4.69, 9.17) is 0 Å². The van der Waals surface area contributed by atoms with E-state index in [2.05, 4.69) is 0 Å². The number of rotatable bonds is 6. The summed E-state index contributed by atoms with van der Waals surface area (Å²) in [5, 5.41) is 0. The predicted octanol–water partition coefficient (Wildman–Crippen LogP) is 4.94. The van der Waals surface area contributed by atoms with Gasteiger partial charge in [-0.15, -0.1) is 23.5 Å². The molecule has 0 radical (unpaired) electrons. The first-order chi connectivity index (χ1) is 11.2. The van der Waals surface area contributed by atoms with Crippen molar-refractivity contribution in [2.24, 2.45) is 5.92 Å². The van der Waals surface area contributed by atoms with Gasteiger partial charge in [0.25, 0.3) is 0 Å². The van der Waals surface area contributed by atoms with E-state index in [0.29, 0.717) is 17.1 Å². The molecule has 0 aromatic heterocycles. The molecule has 2 rings (SSSR count). The third-order valence-corrected chi connectivity index (χ3v) is 5.68. The number of carbonyl (C=O) groups excluding carboxylic acids is 2. The van der Waals surface area contributed by atoms with Gasteiger partial charge in [-0.1, -0.05) is 0 Å². The second-order valence-corrected chi connectivity index (χ2v) is 7.12. The molecule has 1 aliphatic rings. The minimum Gasteiger partial charge on any atom is -0.294 e. The van der Waals surface area contributed by atoms with Crippen LogP contribution in [0.4, 0.5) is 17.6 Å². The van der Waals surface area contributed by atoms with Crippen LogP contribution in [0.2, 0.25) is 0 Å². The quantitative estimate of drug-likeness (QED) is 0.231. The number of ketones is 2. The summed E-state index contributed by atoms with van der Waals surface area (Å²) in [4.78, 5) is 25.2. The fraction of sp³-hybridized carbons (Fsp3) is 0.375. The van der Waals surface area contributed by atoms with Gasteiger partial charge >= 0.3 is 6.18 Å². The lowest BCUT2D eigenvalue weighted by molar-refractivity contribution is -0.138. The number of benzene rings is 1. The number of allylic oxidation sites excluding steroid dienone is 1. The van der Waals surface area contributed by atoms with Gasteiger partial charge in [-0.3, -0.25) is 9.59 Å². The lowest BCUT2D eigenvalue weighted by Crippen LogP contribution is -2.20. The average molecular weight is 378 g/mol. The zero-order chi connectivity index (χ0) is 18.1. The topological polar surface area (TPSA) is 34.1 Å². The minimum atomic E-state index is -4.89. The van der Waals surface area contributed by atoms with Gasteiger partial charge in [-0.25, -0.2) is 4.39 Å². The highest BCUT2D eigenvalue weighted by atomic mass is 32.2. The lowest BCUT2D eigenvalue weighted by Gasteiger charge is -2.15. The van der Waals surface area contributed by atoms with E-state index >= 15 is 0 Å². The molecule has 0 atom stereocenters. The van der Waals surface area contributed by atoms with Gasteiger partial charge < -0.3 is 0 Å². The van der Waals surface area contributed by atoms with Crippen molar-refractivity contribution in [3.8, 4) is 0 Å². The molecule has 8 heteroatoms. The zero-order valence-electron chi connectivity index (χ0n) is 12.9. The van der Waals surface area contributed by atoms with E-state index < -0.39 is 34.7 Å². The molecule has 1 aromatic carbocycles. The summed E-state index contributed by atoms with van der Waals surface area (Å²) in [5.41, 5.74) is -2.29. The molecule has 1 aliphatic carbocycles. The average Bonchev–Trinajstić information content (AvgIpc) is 3.35. The second kappa shape index (κ2) is 7.31. The van der Waals surface area contributed by atoms with Crippen LogP contribution in [-0.4, -0.2) is 24.1 Å². The first-order valence-electron chi connectivity index (χ1n) is 6.98. The number of alkyl halides is 3. The Labute approximate surface area is 145 Å². The summed E-state index contributed by atoms with van der Waals surface area (Å²) in [6.45, 7) is 0. The highest BCUT2D eigenvalue weighted by Gasteiger charge is 2.40. The Morgan fingerprint density at radius 2 is 1.71 bits per heavy atom. The molecule has 0 heterocycles. The van der Waals surface area contributed by atoms with Gasteiger partial charge in [-0.2, -0.15) is 13.2 Å². The molecule has 0 aliphatic heterocycles. The van der Waals surface area contributed by atoms with Gasteiger partial charge in [-0.05, 0) is 43.6 Å². The van der Waals surface area contributed by atoms with Gasteiger partial charge in [0, 0.05) is 11.5 Å². The number of Topliss-reactive ketones (excluding diaryl/α,β-unsaturated/α-hetero) is 2. The van der Waals surface area contributed by atoms with Crippen LogP contribution in [0.5, 0.6) is 0 Å². The van der Waals surface area contributed by atoms with E-state index in [9.17, 15) is 27.2 Å². The molecule has 1 aromatic rings. The van der Waals surface area contributed by atoms with E-state index in [1.165, 1.54) is 0 Å². The van der Waals surface area contributed by atoms with Gasteiger partial charge in [0.1, 0.15) is 5.82 Å². The molecule has 0 spiro atoms. The van der Waals surface area contributed by atoms with E-state index in [-0.39, 0.29) is 17.6 Å². The highest BCUT2D eigenvalue weighted by Crippen LogP contribution is 2.40. The van der Waals surface area contributed by atoms with E-state index in [1.807, 2.05) is 0 Å². The van der Waals surface area contributed by atoms with Crippen LogP contribution in [-0.2, 0) is 11.0 Å². The minimum absolute atomic E-state index is 0.227. The normalized spacial score (nSPS) is 14.4. The molecule has 0 amide bonds. The summed E-state index contributed by atoms with van der Waals surface area (Å²) in [6, 6.07) is 1.86. The van der Waals surface area contributed by atoms with Crippen LogP contribution >= 0.6 is 23.5 Å². The fourth-order valence-electron chi connectivity index (χ4n) is 2.23. The molecule has 2 nitrogen and oxygen atoms in total. The van der Waals surface area contributed by atoms with Crippen LogP contribution < -0.4 is 0 Å². The molecular weight excluding hydrogens is 364 g/mol. The van der Waals surface area contributed by atoms with Crippen molar-refractivity contribution in [3.63, 3.8) is 0 Å². The van der Waals surface area contributed by atoms with E-state index in [1.54, 1.807) is 12.5 Å². The summed E-state index contributed by atoms with van der Waals surface area (Å²) in [5.74, 6) is -2.84. The largest absolute Gasteiger partial charge is 0.417 e. The van der Waals surface area contributed by atoms with Crippen molar-refractivity contribution < 1.29 is 27.2 Å². The Kier molecular flexibility index (Phi) is 5.80. The maximum atomic E-state index is 13.2. The number of hydrogen-bond donors (Lipinski definition) is 0. The van der Waals surface area contributed by atoms with Crippen LogP contribution in [0.3, 0.4) is 0 Å². The molecule has 0 N–H and O–H groups in total. The molecule has 0 saturated heterocycles. The van der Waals surface area contributed by atoms with Crippen LogP contribution in [0.1, 0.15) is 28.8 Å². The van der Waals surface area contributed by atoms with Crippen molar-refractivity contribution in [2.75, 3.05) is 12.5 Å². The van der Waals surface area contributed by atoms with Crippen molar-refractivity contribution >= 4 is 35.1 Å². The Morgan fingerprint density at radius 3 is 2.17 bits per heavy atom. The van der Waals surface area contributed by atoms with Crippen LogP contribution in [0.25, 0.3) is 0 Å². The van der Waals surface area contributed by atoms with Crippen molar-refractivity contribution in [1.29, 1.82) is 0 Å². The third-order valence-electron chi connectivity index (χ3n) is 3.53. The molecule has 0 bridgehead atoms. The standard InChI is InChI=1S/C16H14F4O2S2/c1-23-15(24-2)12(13(21)8-3-4-8)14(22)10-6-5-9(17)7-11(10)16(18,19)20/h5-8H,3-4H2,1-2H3. The predicted molar refractivity (Wildman–Crippen MR) is 87.5 cm³/mol. The molecule has 130 valence electrons. The highest BCUT2D eigenvalue weighted by molar-refractivity contribution is 8.21. The molecule has 1 saturated carbocycles. The van der Waals surface area contributed by atoms with E-state index in [0.717, 1.165) is 35.7 Å². The molecular formula is C16H14F4O2S2. The number of hydrogen-bond acceptors (Lipinski definition) is 4. The smallest absolute Gasteiger partial charge is 0.294 e. The fourth-order valence-corrected chi connectivity index (χ4v) is 3.69. The monoisotopic (exact) mass is 378 g/mol. The third kappa shape index (κ3) is 4.03. The van der Waals surface area contributed by atoms with Crippen molar-refractivity contribution in [2.45, 2.75) is 19.0 Å². The Bertz CT molecular complexity index is 701. The molecule has 0 unspecified atom stereocenters. The zero-order valence-corrected chi connectivity index (χ0v) is 14.5. The van der Waals surface area contributed by atoms with Crippen LogP contribution in [0.15, 0.2) is 28.0 Å². The van der Waals surface area contributed by atoms with Crippen molar-refractivity contribution in [3.05, 3.63) is 45.0 Å². The second-order valence-electron chi connectivity index (χ2n) is 5.23. The van der Waals surface area contributed by atoms with Crippen LogP contribution in [0, 0.1) is 11.7 Å². The maximum Gasteiger partial charge on any atom is 0.417 e.